The Labute approximate surface area is 134 Å². The fourth-order valence-corrected chi connectivity index (χ4v) is 3.07. The van der Waals surface area contributed by atoms with Crippen LogP contribution in [0.15, 0.2) is 30.3 Å². The highest BCUT2D eigenvalue weighted by molar-refractivity contribution is 6.02. The predicted molar refractivity (Wildman–Crippen MR) is 85.0 cm³/mol. The molecule has 0 saturated heterocycles. The lowest BCUT2D eigenvalue weighted by atomic mass is 9.92. The lowest BCUT2D eigenvalue weighted by Gasteiger charge is -2.17. The number of aromatic hydroxyl groups is 1. The van der Waals surface area contributed by atoms with Crippen LogP contribution >= 0.6 is 0 Å². The standard InChI is InChI=1S/C18H18O5/c1-21-10-4-5-11(17(6-10)22-2)12-7-15(19)14-9-18(23-3)16(20)8-13(12)14/h4-6,8-9,12,20H,7H2,1-3H3. The van der Waals surface area contributed by atoms with Gasteiger partial charge in [-0.3, -0.25) is 4.79 Å². The first-order valence-corrected chi connectivity index (χ1v) is 7.25. The summed E-state index contributed by atoms with van der Waals surface area (Å²) in [5.41, 5.74) is 2.27. The Bertz CT molecular complexity index is 766. The van der Waals surface area contributed by atoms with Crippen molar-refractivity contribution in [3.63, 3.8) is 0 Å². The van der Waals surface area contributed by atoms with Crippen molar-refractivity contribution in [2.75, 3.05) is 21.3 Å². The molecular weight excluding hydrogens is 296 g/mol. The molecule has 5 heteroatoms. The maximum Gasteiger partial charge on any atom is 0.164 e. The first-order chi connectivity index (χ1) is 11.1. The molecule has 0 heterocycles. The number of ketones is 1. The van der Waals surface area contributed by atoms with Crippen molar-refractivity contribution in [1.29, 1.82) is 0 Å². The zero-order chi connectivity index (χ0) is 16.6. The molecule has 2 aromatic rings. The van der Waals surface area contributed by atoms with Gasteiger partial charge < -0.3 is 19.3 Å². The number of hydrogen-bond donors (Lipinski definition) is 1. The number of phenolic OH excluding ortho intramolecular Hbond substituents is 1. The number of fused-ring (bicyclic) bond motifs is 1. The Morgan fingerprint density at radius 1 is 0.957 bits per heavy atom. The van der Waals surface area contributed by atoms with Gasteiger partial charge in [-0.25, -0.2) is 0 Å². The van der Waals surface area contributed by atoms with Crippen LogP contribution in [0.1, 0.15) is 33.8 Å². The number of Topliss-reactive ketones (excluding diaryl/α,β-unsaturated/α-hetero) is 1. The van der Waals surface area contributed by atoms with Crippen molar-refractivity contribution in [2.45, 2.75) is 12.3 Å². The van der Waals surface area contributed by atoms with Gasteiger partial charge in [0.2, 0.25) is 0 Å². The summed E-state index contributed by atoms with van der Waals surface area (Å²) in [5, 5.41) is 10.0. The van der Waals surface area contributed by atoms with E-state index in [0.29, 0.717) is 29.2 Å². The van der Waals surface area contributed by atoms with Crippen molar-refractivity contribution >= 4 is 5.78 Å². The molecule has 0 aliphatic heterocycles. The quantitative estimate of drug-likeness (QED) is 0.939. The normalized spacial score (nSPS) is 16.1. The second-order valence-corrected chi connectivity index (χ2v) is 5.40. The zero-order valence-corrected chi connectivity index (χ0v) is 13.3. The molecule has 0 spiro atoms. The van der Waals surface area contributed by atoms with Crippen molar-refractivity contribution in [1.82, 2.24) is 0 Å². The van der Waals surface area contributed by atoms with Crippen molar-refractivity contribution < 1.29 is 24.1 Å². The summed E-state index contributed by atoms with van der Waals surface area (Å²) in [6, 6.07) is 8.73. The van der Waals surface area contributed by atoms with Crippen LogP contribution in [0.25, 0.3) is 0 Å². The Morgan fingerprint density at radius 3 is 2.35 bits per heavy atom. The summed E-state index contributed by atoms with van der Waals surface area (Å²) < 4.78 is 15.7. The topological polar surface area (TPSA) is 65.0 Å². The van der Waals surface area contributed by atoms with E-state index in [0.717, 1.165) is 11.1 Å². The fraction of sp³-hybridized carbons (Fsp3) is 0.278. The summed E-state index contributed by atoms with van der Waals surface area (Å²) in [6.45, 7) is 0. The molecule has 0 bridgehead atoms. The van der Waals surface area contributed by atoms with Crippen LogP contribution < -0.4 is 14.2 Å². The number of carbonyl (C=O) groups excluding carboxylic acids is 1. The molecule has 120 valence electrons. The first kappa shape index (κ1) is 15.2. The number of ether oxygens (including phenoxy) is 3. The van der Waals surface area contributed by atoms with E-state index in [1.54, 1.807) is 32.4 Å². The van der Waals surface area contributed by atoms with Crippen LogP contribution in [-0.2, 0) is 0 Å². The van der Waals surface area contributed by atoms with Gasteiger partial charge in [0.1, 0.15) is 11.5 Å². The van der Waals surface area contributed by atoms with Crippen molar-refractivity contribution in [3.8, 4) is 23.0 Å². The summed E-state index contributed by atoms with van der Waals surface area (Å²) >= 11 is 0. The molecule has 1 unspecified atom stereocenters. The van der Waals surface area contributed by atoms with Gasteiger partial charge in [0.05, 0.1) is 21.3 Å². The van der Waals surface area contributed by atoms with Crippen LogP contribution in [0.4, 0.5) is 0 Å². The van der Waals surface area contributed by atoms with Crippen LogP contribution in [0.3, 0.4) is 0 Å². The maximum absolute atomic E-state index is 12.3. The third-order valence-corrected chi connectivity index (χ3v) is 4.23. The third-order valence-electron chi connectivity index (χ3n) is 4.23. The van der Waals surface area contributed by atoms with Crippen LogP contribution in [0.2, 0.25) is 0 Å². The summed E-state index contributed by atoms with van der Waals surface area (Å²) in [5.74, 6) is 1.55. The second-order valence-electron chi connectivity index (χ2n) is 5.40. The van der Waals surface area contributed by atoms with E-state index >= 15 is 0 Å². The van der Waals surface area contributed by atoms with Gasteiger partial charge in [0.25, 0.3) is 0 Å². The van der Waals surface area contributed by atoms with E-state index in [2.05, 4.69) is 0 Å². The number of phenols is 1. The molecule has 1 aliphatic rings. The molecule has 1 N–H and O–H groups in total. The highest BCUT2D eigenvalue weighted by Crippen LogP contribution is 2.45. The van der Waals surface area contributed by atoms with E-state index in [9.17, 15) is 9.90 Å². The molecular formula is C18H18O5. The molecule has 2 aromatic carbocycles. The highest BCUT2D eigenvalue weighted by atomic mass is 16.5. The van der Waals surface area contributed by atoms with Gasteiger partial charge in [-0.1, -0.05) is 6.07 Å². The third kappa shape index (κ3) is 2.48. The molecule has 5 nitrogen and oxygen atoms in total. The Hall–Kier alpha value is -2.69. The van der Waals surface area contributed by atoms with Gasteiger partial charge >= 0.3 is 0 Å². The SMILES string of the molecule is COc1ccc(C2CC(=O)c3cc(OC)c(O)cc32)c(OC)c1. The lowest BCUT2D eigenvalue weighted by Crippen LogP contribution is -2.01. The van der Waals surface area contributed by atoms with E-state index in [-0.39, 0.29) is 17.5 Å². The van der Waals surface area contributed by atoms with E-state index < -0.39 is 0 Å². The fourth-order valence-electron chi connectivity index (χ4n) is 3.07. The molecule has 0 saturated carbocycles. The number of benzene rings is 2. The van der Waals surface area contributed by atoms with E-state index in [4.69, 9.17) is 14.2 Å². The van der Waals surface area contributed by atoms with Crippen molar-refractivity contribution in [2.24, 2.45) is 0 Å². The minimum atomic E-state index is -0.157. The molecule has 0 fully saturated rings. The van der Waals surface area contributed by atoms with Gasteiger partial charge in [0.15, 0.2) is 17.3 Å². The Morgan fingerprint density at radius 2 is 1.70 bits per heavy atom. The minimum absolute atomic E-state index is 0.0263. The average molecular weight is 314 g/mol. The zero-order valence-electron chi connectivity index (χ0n) is 13.3. The lowest BCUT2D eigenvalue weighted by molar-refractivity contribution is 0.0991. The Balaban J connectivity index is 2.11. The number of rotatable bonds is 4. The number of hydrogen-bond acceptors (Lipinski definition) is 5. The average Bonchev–Trinajstić information content (AvgIpc) is 2.89. The highest BCUT2D eigenvalue weighted by Gasteiger charge is 2.33. The molecule has 0 aromatic heterocycles. The minimum Gasteiger partial charge on any atom is -0.504 e. The first-order valence-electron chi connectivity index (χ1n) is 7.25. The maximum atomic E-state index is 12.3. The van der Waals surface area contributed by atoms with Crippen LogP contribution in [0.5, 0.6) is 23.0 Å². The monoisotopic (exact) mass is 314 g/mol. The van der Waals surface area contributed by atoms with Gasteiger partial charge in [-0.2, -0.15) is 0 Å². The van der Waals surface area contributed by atoms with Crippen LogP contribution in [-0.4, -0.2) is 32.2 Å². The van der Waals surface area contributed by atoms with Gasteiger partial charge in [0, 0.05) is 29.5 Å². The Kier molecular flexibility index (Phi) is 3.86. The van der Waals surface area contributed by atoms with E-state index in [1.807, 2.05) is 12.1 Å². The summed E-state index contributed by atoms with van der Waals surface area (Å²) in [7, 11) is 4.64. The molecule has 1 atom stereocenters. The number of methoxy groups -OCH3 is 3. The second kappa shape index (κ2) is 5.83. The van der Waals surface area contributed by atoms with E-state index in [1.165, 1.54) is 7.11 Å². The molecule has 3 rings (SSSR count). The number of carbonyl (C=O) groups is 1. The van der Waals surface area contributed by atoms with Gasteiger partial charge in [-0.05, 0) is 23.8 Å². The largest absolute Gasteiger partial charge is 0.504 e. The summed E-state index contributed by atoms with van der Waals surface area (Å²) in [4.78, 5) is 12.3. The van der Waals surface area contributed by atoms with Crippen molar-refractivity contribution in [3.05, 3.63) is 47.0 Å². The predicted octanol–water partition coefficient (Wildman–Crippen LogP) is 3.14. The summed E-state index contributed by atoms with van der Waals surface area (Å²) in [6.07, 6.45) is 0.338. The molecule has 0 radical (unpaired) electrons. The molecule has 0 amide bonds. The molecule has 1 aliphatic carbocycles. The van der Waals surface area contributed by atoms with Gasteiger partial charge in [-0.15, -0.1) is 0 Å². The smallest absolute Gasteiger partial charge is 0.164 e. The molecule has 23 heavy (non-hydrogen) atoms. The van der Waals surface area contributed by atoms with Crippen LogP contribution in [0, 0.1) is 0 Å².